The maximum absolute atomic E-state index is 13.6. The van der Waals surface area contributed by atoms with E-state index in [4.69, 9.17) is 5.73 Å². The lowest BCUT2D eigenvalue weighted by atomic mass is 10.1. The van der Waals surface area contributed by atoms with E-state index < -0.39 is 17.7 Å². The maximum atomic E-state index is 13.6. The summed E-state index contributed by atoms with van der Waals surface area (Å²) in [6.07, 6.45) is 0.689. The molecule has 0 saturated heterocycles. The third-order valence-corrected chi connectivity index (χ3v) is 2.64. The molecule has 1 aliphatic rings. The van der Waals surface area contributed by atoms with E-state index in [-0.39, 0.29) is 17.2 Å². The highest BCUT2D eigenvalue weighted by molar-refractivity contribution is 6.04. The van der Waals surface area contributed by atoms with E-state index in [1.165, 1.54) is 4.90 Å². The molecule has 2 N–H and O–H groups in total. The summed E-state index contributed by atoms with van der Waals surface area (Å²) in [5, 5.41) is 0. The van der Waals surface area contributed by atoms with Crippen molar-refractivity contribution in [2.45, 2.75) is 19.4 Å². The van der Waals surface area contributed by atoms with Gasteiger partial charge in [0.2, 0.25) is 5.91 Å². The van der Waals surface area contributed by atoms with Crippen LogP contribution in [0.4, 0.5) is 14.5 Å². The number of hydrogen-bond donors (Lipinski definition) is 1. The Labute approximate surface area is 91.8 Å². The molecule has 0 spiro atoms. The summed E-state index contributed by atoms with van der Waals surface area (Å²) in [5.41, 5.74) is 5.98. The standard InChI is InChI=1S/C11H12F2N2O/c1-2-3-15-10-7(9(14)11(15)16)4-6(12)5-8(10)13/h4-5,9H,2-3,14H2,1H3. The number of amides is 1. The molecule has 0 bridgehead atoms. The Balaban J connectivity index is 2.56. The van der Waals surface area contributed by atoms with Crippen molar-refractivity contribution in [2.24, 2.45) is 5.73 Å². The van der Waals surface area contributed by atoms with Crippen molar-refractivity contribution < 1.29 is 13.6 Å². The minimum atomic E-state index is -0.952. The first-order chi connectivity index (χ1) is 7.56. The molecule has 16 heavy (non-hydrogen) atoms. The van der Waals surface area contributed by atoms with Gasteiger partial charge in [-0.1, -0.05) is 6.92 Å². The van der Waals surface area contributed by atoms with E-state index >= 15 is 0 Å². The molecule has 1 amide bonds. The summed E-state index contributed by atoms with van der Waals surface area (Å²) < 4.78 is 26.6. The van der Waals surface area contributed by atoms with E-state index in [2.05, 4.69) is 0 Å². The predicted octanol–water partition coefficient (Wildman–Crippen LogP) is 1.72. The maximum Gasteiger partial charge on any atom is 0.248 e. The Kier molecular flexibility index (Phi) is 2.63. The molecule has 2 rings (SSSR count). The monoisotopic (exact) mass is 226 g/mol. The van der Waals surface area contributed by atoms with Crippen LogP contribution in [0, 0.1) is 11.6 Å². The molecule has 1 unspecified atom stereocenters. The first-order valence-corrected chi connectivity index (χ1v) is 5.12. The number of benzene rings is 1. The average Bonchev–Trinajstić information content (AvgIpc) is 2.44. The van der Waals surface area contributed by atoms with Crippen molar-refractivity contribution in [3.05, 3.63) is 29.3 Å². The smallest absolute Gasteiger partial charge is 0.248 e. The fourth-order valence-electron chi connectivity index (χ4n) is 1.96. The molecule has 3 nitrogen and oxygen atoms in total. The van der Waals surface area contributed by atoms with Crippen LogP contribution >= 0.6 is 0 Å². The Hall–Kier alpha value is -1.49. The topological polar surface area (TPSA) is 46.3 Å². The molecule has 1 heterocycles. The molecule has 0 aliphatic carbocycles. The highest BCUT2D eigenvalue weighted by Gasteiger charge is 2.37. The lowest BCUT2D eigenvalue weighted by molar-refractivity contribution is -0.119. The van der Waals surface area contributed by atoms with Gasteiger partial charge in [0.1, 0.15) is 17.7 Å². The molecule has 1 aromatic carbocycles. The first-order valence-electron chi connectivity index (χ1n) is 5.12. The summed E-state index contributed by atoms with van der Waals surface area (Å²) >= 11 is 0. The minimum absolute atomic E-state index is 0.126. The van der Waals surface area contributed by atoms with Crippen LogP contribution in [-0.2, 0) is 4.79 Å². The van der Waals surface area contributed by atoms with E-state index in [9.17, 15) is 13.6 Å². The van der Waals surface area contributed by atoms with Crippen LogP contribution in [0.3, 0.4) is 0 Å². The molecule has 1 aliphatic heterocycles. The predicted molar refractivity (Wildman–Crippen MR) is 55.9 cm³/mol. The van der Waals surface area contributed by atoms with Gasteiger partial charge in [0.05, 0.1) is 5.69 Å². The first kappa shape index (κ1) is 11.0. The van der Waals surface area contributed by atoms with Gasteiger partial charge in [-0.05, 0) is 12.5 Å². The molecule has 1 aromatic rings. The van der Waals surface area contributed by atoms with Crippen LogP contribution in [0.5, 0.6) is 0 Å². The van der Waals surface area contributed by atoms with Crippen LogP contribution in [0.1, 0.15) is 24.9 Å². The lowest BCUT2D eigenvalue weighted by Gasteiger charge is -2.16. The zero-order valence-electron chi connectivity index (χ0n) is 8.84. The second kappa shape index (κ2) is 3.83. The molecular formula is C11H12F2N2O. The second-order valence-corrected chi connectivity index (χ2v) is 3.79. The van der Waals surface area contributed by atoms with Crippen LogP contribution in [0.15, 0.2) is 12.1 Å². The number of hydrogen-bond acceptors (Lipinski definition) is 2. The molecule has 5 heteroatoms. The zero-order chi connectivity index (χ0) is 11.9. The van der Waals surface area contributed by atoms with Gasteiger partial charge in [0, 0.05) is 18.2 Å². The number of nitrogens with zero attached hydrogens (tertiary/aromatic N) is 1. The Bertz CT molecular complexity index is 448. The molecule has 0 aromatic heterocycles. The van der Waals surface area contributed by atoms with E-state index in [1.807, 2.05) is 6.92 Å². The van der Waals surface area contributed by atoms with Gasteiger partial charge in [0.15, 0.2) is 0 Å². The summed E-state index contributed by atoms with van der Waals surface area (Å²) in [6.45, 7) is 2.26. The molecular weight excluding hydrogens is 214 g/mol. The minimum Gasteiger partial charge on any atom is -0.316 e. The van der Waals surface area contributed by atoms with Gasteiger partial charge in [-0.25, -0.2) is 8.78 Å². The Morgan fingerprint density at radius 1 is 1.44 bits per heavy atom. The van der Waals surface area contributed by atoms with Gasteiger partial charge < -0.3 is 10.6 Å². The van der Waals surface area contributed by atoms with Gasteiger partial charge in [0.25, 0.3) is 0 Å². The number of rotatable bonds is 2. The van der Waals surface area contributed by atoms with E-state index in [0.29, 0.717) is 13.0 Å². The van der Waals surface area contributed by atoms with Crippen molar-refractivity contribution in [2.75, 3.05) is 11.4 Å². The summed E-state index contributed by atoms with van der Waals surface area (Å²) in [6, 6.07) is 0.940. The largest absolute Gasteiger partial charge is 0.316 e. The third kappa shape index (κ3) is 1.48. The summed E-state index contributed by atoms with van der Waals surface area (Å²) in [7, 11) is 0. The third-order valence-electron chi connectivity index (χ3n) is 2.64. The van der Waals surface area contributed by atoms with Crippen molar-refractivity contribution >= 4 is 11.6 Å². The lowest BCUT2D eigenvalue weighted by Crippen LogP contribution is -2.32. The highest BCUT2D eigenvalue weighted by atomic mass is 19.1. The fourth-order valence-corrected chi connectivity index (χ4v) is 1.96. The number of fused-ring (bicyclic) bond motifs is 1. The van der Waals surface area contributed by atoms with Gasteiger partial charge in [-0.3, -0.25) is 4.79 Å². The number of halogens is 2. The number of carbonyl (C=O) groups excluding carboxylic acids is 1. The zero-order valence-corrected chi connectivity index (χ0v) is 8.84. The van der Waals surface area contributed by atoms with Crippen LogP contribution in [-0.4, -0.2) is 12.5 Å². The number of nitrogens with two attached hydrogens (primary N) is 1. The van der Waals surface area contributed by atoms with Crippen molar-refractivity contribution in [3.63, 3.8) is 0 Å². The summed E-state index contributed by atoms with van der Waals surface area (Å²) in [5.74, 6) is -1.82. The van der Waals surface area contributed by atoms with Crippen molar-refractivity contribution in [3.8, 4) is 0 Å². The molecule has 1 atom stereocenters. The van der Waals surface area contributed by atoms with E-state index in [0.717, 1.165) is 12.1 Å². The molecule has 0 radical (unpaired) electrons. The van der Waals surface area contributed by atoms with Gasteiger partial charge in [-0.2, -0.15) is 0 Å². The van der Waals surface area contributed by atoms with E-state index in [1.54, 1.807) is 0 Å². The van der Waals surface area contributed by atoms with Gasteiger partial charge in [-0.15, -0.1) is 0 Å². The van der Waals surface area contributed by atoms with Crippen molar-refractivity contribution in [1.29, 1.82) is 0 Å². The Morgan fingerprint density at radius 3 is 2.75 bits per heavy atom. The van der Waals surface area contributed by atoms with Crippen LogP contribution < -0.4 is 10.6 Å². The van der Waals surface area contributed by atoms with Crippen LogP contribution in [0.2, 0.25) is 0 Å². The van der Waals surface area contributed by atoms with Gasteiger partial charge >= 0.3 is 0 Å². The van der Waals surface area contributed by atoms with Crippen LogP contribution in [0.25, 0.3) is 0 Å². The van der Waals surface area contributed by atoms with Crippen molar-refractivity contribution in [1.82, 2.24) is 0 Å². The quantitative estimate of drug-likeness (QED) is 0.834. The molecule has 0 fully saturated rings. The average molecular weight is 226 g/mol. The number of carbonyl (C=O) groups is 1. The second-order valence-electron chi connectivity index (χ2n) is 3.79. The number of anilines is 1. The normalized spacial score (nSPS) is 19.1. The molecule has 0 saturated carbocycles. The fraction of sp³-hybridized carbons (Fsp3) is 0.364. The SMILES string of the molecule is CCCN1C(=O)C(N)c2cc(F)cc(F)c21. The Morgan fingerprint density at radius 2 is 2.12 bits per heavy atom. The highest BCUT2D eigenvalue weighted by Crippen LogP contribution is 2.37. The molecule has 86 valence electrons. The summed E-state index contributed by atoms with van der Waals surface area (Å²) in [4.78, 5) is 13.0.